The largest absolute Gasteiger partial charge is 0.368 e. The number of carbonyl (C=O) groups is 1. The molecule has 0 spiro atoms. The van der Waals surface area contributed by atoms with Gasteiger partial charge in [-0.15, -0.1) is 0 Å². The van der Waals surface area contributed by atoms with Crippen molar-refractivity contribution in [3.8, 4) is 0 Å². The normalized spacial score (nSPS) is 17.2. The Hall–Kier alpha value is -1.96. The second-order valence-electron chi connectivity index (χ2n) is 7.57. The molecule has 2 aromatic rings. The van der Waals surface area contributed by atoms with Crippen molar-refractivity contribution in [3.63, 3.8) is 0 Å². The summed E-state index contributed by atoms with van der Waals surface area (Å²) in [4.78, 5) is 18.2. The van der Waals surface area contributed by atoms with Crippen LogP contribution in [0, 0.1) is 0 Å². The summed E-state index contributed by atoms with van der Waals surface area (Å²) in [6.45, 7) is 5.68. The molecule has 1 saturated heterocycles. The second-order valence-corrected chi connectivity index (χ2v) is 8.35. The van der Waals surface area contributed by atoms with E-state index in [0.717, 1.165) is 57.8 Å². The predicted molar refractivity (Wildman–Crippen MR) is 117 cm³/mol. The Labute approximate surface area is 180 Å². The van der Waals surface area contributed by atoms with Gasteiger partial charge in [0.15, 0.2) is 5.82 Å². The van der Waals surface area contributed by atoms with Gasteiger partial charge in [-0.3, -0.25) is 14.5 Å². The lowest BCUT2D eigenvalue weighted by molar-refractivity contribution is 0.245. The third-order valence-corrected chi connectivity index (χ3v) is 6.54. The van der Waals surface area contributed by atoms with Crippen molar-refractivity contribution in [1.29, 1.82) is 0 Å². The van der Waals surface area contributed by atoms with E-state index in [0.29, 0.717) is 22.4 Å². The van der Waals surface area contributed by atoms with Crippen molar-refractivity contribution in [2.75, 3.05) is 49.1 Å². The maximum Gasteiger partial charge on any atom is 0.320 e. The molecule has 0 radical (unpaired) electrons. The molecule has 156 valence electrons. The van der Waals surface area contributed by atoms with Crippen molar-refractivity contribution in [3.05, 3.63) is 40.0 Å². The Morgan fingerprint density at radius 1 is 1.14 bits per heavy atom. The Kier molecular flexibility index (Phi) is 6.18. The molecular formula is C20H26Cl2N6O. The van der Waals surface area contributed by atoms with Gasteiger partial charge in [-0.2, -0.15) is 5.10 Å². The number of rotatable bonds is 5. The molecular weight excluding hydrogens is 411 g/mol. The van der Waals surface area contributed by atoms with E-state index < -0.39 is 6.03 Å². The van der Waals surface area contributed by atoms with Crippen LogP contribution in [0.4, 0.5) is 16.3 Å². The van der Waals surface area contributed by atoms with E-state index in [1.165, 1.54) is 12.1 Å². The number of hydrogen-bond donors (Lipinski definition) is 1. The van der Waals surface area contributed by atoms with E-state index in [-0.39, 0.29) is 0 Å². The summed E-state index contributed by atoms with van der Waals surface area (Å²) in [7, 11) is 0. The van der Waals surface area contributed by atoms with Gasteiger partial charge in [-0.25, -0.2) is 4.79 Å². The highest BCUT2D eigenvalue weighted by molar-refractivity contribution is 6.43. The number of nitrogens with zero attached hydrogens (tertiary/aromatic N) is 5. The number of primary amides is 1. The third-order valence-electron chi connectivity index (χ3n) is 5.73. The first-order valence-electron chi connectivity index (χ1n) is 10.1. The van der Waals surface area contributed by atoms with E-state index >= 15 is 0 Å². The second kappa shape index (κ2) is 8.81. The lowest BCUT2D eigenvalue weighted by Gasteiger charge is -2.37. The van der Waals surface area contributed by atoms with Crippen molar-refractivity contribution < 1.29 is 4.79 Å². The van der Waals surface area contributed by atoms with Crippen LogP contribution in [-0.2, 0) is 13.0 Å². The Bertz CT molecular complexity index is 854. The fourth-order valence-electron chi connectivity index (χ4n) is 4.06. The molecule has 2 amide bonds. The zero-order valence-electron chi connectivity index (χ0n) is 16.4. The fourth-order valence-corrected chi connectivity index (χ4v) is 4.48. The molecule has 29 heavy (non-hydrogen) atoms. The molecule has 2 aliphatic heterocycles. The highest BCUT2D eigenvalue weighted by Gasteiger charge is 2.23. The third kappa shape index (κ3) is 4.47. The molecule has 1 aromatic carbocycles. The summed E-state index contributed by atoms with van der Waals surface area (Å²) < 4.78 is 2.00. The van der Waals surface area contributed by atoms with Crippen LogP contribution < -0.4 is 15.5 Å². The number of halogens is 2. The summed E-state index contributed by atoms with van der Waals surface area (Å²) >= 11 is 12.5. The lowest BCUT2D eigenvalue weighted by Crippen LogP contribution is -2.49. The molecule has 9 heteroatoms. The van der Waals surface area contributed by atoms with Crippen molar-refractivity contribution in [2.45, 2.75) is 25.8 Å². The average Bonchev–Trinajstić information content (AvgIpc) is 3.14. The molecule has 1 aromatic heterocycles. The maximum absolute atomic E-state index is 12.0. The Morgan fingerprint density at radius 3 is 2.66 bits per heavy atom. The van der Waals surface area contributed by atoms with Gasteiger partial charge in [-0.05, 0) is 31.4 Å². The number of hydrogen-bond acceptors (Lipinski definition) is 4. The standard InChI is InChI=1S/C20H26Cl2N6O/c21-16-5-3-6-17(19(16)22)26-11-8-25(9-12-26)10-13-27(20(23)29)18-14-15-4-1-2-7-28(15)24-18/h3,5-6,14H,1-2,4,7-13H2,(H2,23,29). The molecule has 2 aliphatic rings. The van der Waals surface area contributed by atoms with Crippen molar-refractivity contribution >= 4 is 40.7 Å². The van der Waals surface area contributed by atoms with Crippen LogP contribution in [-0.4, -0.2) is 60.0 Å². The number of amides is 2. The molecule has 0 unspecified atom stereocenters. The Morgan fingerprint density at radius 2 is 1.93 bits per heavy atom. The molecule has 0 atom stereocenters. The highest BCUT2D eigenvalue weighted by Crippen LogP contribution is 2.32. The molecule has 0 bridgehead atoms. The van der Waals surface area contributed by atoms with Crippen molar-refractivity contribution in [2.24, 2.45) is 5.73 Å². The van der Waals surface area contributed by atoms with Crippen molar-refractivity contribution in [1.82, 2.24) is 14.7 Å². The number of fused-ring (bicyclic) bond motifs is 1. The van der Waals surface area contributed by atoms with Crippen LogP contribution in [0.1, 0.15) is 18.5 Å². The van der Waals surface area contributed by atoms with Crippen LogP contribution >= 0.6 is 23.2 Å². The number of aromatic nitrogens is 2. The lowest BCUT2D eigenvalue weighted by atomic mass is 10.1. The van der Waals surface area contributed by atoms with Crippen LogP contribution in [0.5, 0.6) is 0 Å². The topological polar surface area (TPSA) is 70.6 Å². The van der Waals surface area contributed by atoms with Gasteiger partial charge in [0.25, 0.3) is 0 Å². The Balaban J connectivity index is 1.34. The van der Waals surface area contributed by atoms with Crippen LogP contribution in [0.15, 0.2) is 24.3 Å². The average molecular weight is 437 g/mol. The minimum atomic E-state index is -0.454. The van der Waals surface area contributed by atoms with Gasteiger partial charge in [-0.1, -0.05) is 29.3 Å². The van der Waals surface area contributed by atoms with Crippen LogP contribution in [0.25, 0.3) is 0 Å². The van der Waals surface area contributed by atoms with E-state index in [1.54, 1.807) is 11.0 Å². The van der Waals surface area contributed by atoms with Gasteiger partial charge in [0.2, 0.25) is 0 Å². The number of carbonyl (C=O) groups excluding carboxylic acids is 1. The summed E-state index contributed by atoms with van der Waals surface area (Å²) in [5.41, 5.74) is 7.81. The van der Waals surface area contributed by atoms with Gasteiger partial charge in [0, 0.05) is 57.6 Å². The quantitative estimate of drug-likeness (QED) is 0.780. The predicted octanol–water partition coefficient (Wildman–Crippen LogP) is 3.23. The number of nitrogens with two attached hydrogens (primary N) is 1. The molecule has 4 rings (SSSR count). The first kappa shape index (κ1) is 20.3. The number of anilines is 2. The summed E-state index contributed by atoms with van der Waals surface area (Å²) in [6, 6.07) is 7.27. The number of aryl methyl sites for hydroxylation is 2. The smallest absolute Gasteiger partial charge is 0.320 e. The molecule has 2 N–H and O–H groups in total. The first-order chi connectivity index (χ1) is 14.0. The van der Waals surface area contributed by atoms with E-state index in [1.807, 2.05) is 22.9 Å². The minimum Gasteiger partial charge on any atom is -0.368 e. The molecule has 7 nitrogen and oxygen atoms in total. The number of benzene rings is 1. The SMILES string of the molecule is NC(=O)N(CCN1CCN(c2cccc(Cl)c2Cl)CC1)c1cc2n(n1)CCCC2. The van der Waals surface area contributed by atoms with Crippen LogP contribution in [0.2, 0.25) is 10.0 Å². The number of urea groups is 1. The van der Waals surface area contributed by atoms with Gasteiger partial charge < -0.3 is 10.6 Å². The van der Waals surface area contributed by atoms with Gasteiger partial charge in [0.1, 0.15) is 0 Å². The van der Waals surface area contributed by atoms with E-state index in [4.69, 9.17) is 28.9 Å². The minimum absolute atomic E-state index is 0.454. The zero-order valence-corrected chi connectivity index (χ0v) is 17.9. The van der Waals surface area contributed by atoms with E-state index in [9.17, 15) is 4.79 Å². The molecule has 0 aliphatic carbocycles. The van der Waals surface area contributed by atoms with Gasteiger partial charge >= 0.3 is 6.03 Å². The number of piperazine rings is 1. The molecule has 0 saturated carbocycles. The fraction of sp³-hybridized carbons (Fsp3) is 0.500. The van der Waals surface area contributed by atoms with Crippen LogP contribution in [0.3, 0.4) is 0 Å². The zero-order chi connectivity index (χ0) is 20.4. The molecule has 1 fully saturated rings. The summed E-state index contributed by atoms with van der Waals surface area (Å²) in [5.74, 6) is 0.666. The first-order valence-corrected chi connectivity index (χ1v) is 10.8. The maximum atomic E-state index is 12.0. The van der Waals surface area contributed by atoms with Gasteiger partial charge in [0.05, 0.1) is 15.7 Å². The monoisotopic (exact) mass is 436 g/mol. The summed E-state index contributed by atoms with van der Waals surface area (Å²) in [6.07, 6.45) is 3.31. The highest BCUT2D eigenvalue weighted by atomic mass is 35.5. The molecule has 3 heterocycles. The summed E-state index contributed by atoms with van der Waals surface area (Å²) in [5, 5.41) is 5.77. The van der Waals surface area contributed by atoms with E-state index in [2.05, 4.69) is 14.9 Å².